The van der Waals surface area contributed by atoms with E-state index in [1.54, 1.807) is 42.5 Å². The number of nitrogens with one attached hydrogen (secondary N) is 1. The van der Waals surface area contributed by atoms with Crippen LogP contribution in [0.25, 0.3) is 0 Å². The van der Waals surface area contributed by atoms with Crippen molar-refractivity contribution in [1.82, 2.24) is 10.2 Å². The molecule has 4 aromatic rings. The van der Waals surface area contributed by atoms with E-state index in [4.69, 9.17) is 11.6 Å². The Morgan fingerprint density at radius 1 is 0.818 bits per heavy atom. The molecule has 2 amide bonds. The van der Waals surface area contributed by atoms with Gasteiger partial charge in [0, 0.05) is 24.5 Å². The van der Waals surface area contributed by atoms with Gasteiger partial charge in [-0.05, 0) is 65.9 Å². The predicted molar refractivity (Wildman–Crippen MR) is 176 cm³/mol. The van der Waals surface area contributed by atoms with Crippen LogP contribution < -0.4 is 9.62 Å². The van der Waals surface area contributed by atoms with Crippen molar-refractivity contribution in [1.29, 1.82) is 0 Å². The molecule has 230 valence electrons. The number of carbonyl (C=O) groups is 2. The molecule has 0 radical (unpaired) electrons. The third kappa shape index (κ3) is 8.49. The minimum absolute atomic E-state index is 0.0451. The average Bonchev–Trinajstić information content (AvgIpc) is 3.02. The second kappa shape index (κ2) is 15.0. The second-order valence-electron chi connectivity index (χ2n) is 11.1. The number of anilines is 1. The topological polar surface area (TPSA) is 86.8 Å². The fraction of sp³-hybridized carbons (Fsp3) is 0.257. The zero-order chi connectivity index (χ0) is 31.7. The van der Waals surface area contributed by atoms with Crippen molar-refractivity contribution in [3.05, 3.63) is 131 Å². The highest BCUT2D eigenvalue weighted by Gasteiger charge is 2.34. The van der Waals surface area contributed by atoms with Crippen molar-refractivity contribution in [2.75, 3.05) is 17.4 Å². The summed E-state index contributed by atoms with van der Waals surface area (Å²) in [5, 5.41) is 3.44. The van der Waals surface area contributed by atoms with Gasteiger partial charge >= 0.3 is 0 Å². The van der Waals surface area contributed by atoms with Crippen LogP contribution in [0.1, 0.15) is 30.5 Å². The van der Waals surface area contributed by atoms with Crippen LogP contribution in [0.2, 0.25) is 5.02 Å². The molecule has 9 heteroatoms. The zero-order valence-electron chi connectivity index (χ0n) is 25.2. The van der Waals surface area contributed by atoms with Crippen LogP contribution in [0.3, 0.4) is 0 Å². The number of nitrogens with zero attached hydrogens (tertiary/aromatic N) is 2. The molecule has 0 spiro atoms. The maximum atomic E-state index is 14.5. The highest BCUT2D eigenvalue weighted by molar-refractivity contribution is 7.92. The normalized spacial score (nSPS) is 12.0. The first kappa shape index (κ1) is 32.8. The first-order chi connectivity index (χ1) is 21.1. The lowest BCUT2D eigenvalue weighted by atomic mass is 10.0. The van der Waals surface area contributed by atoms with Crippen LogP contribution in [0.5, 0.6) is 0 Å². The van der Waals surface area contributed by atoms with Crippen molar-refractivity contribution in [3.8, 4) is 0 Å². The Morgan fingerprint density at radius 2 is 1.41 bits per heavy atom. The Balaban J connectivity index is 1.79. The smallest absolute Gasteiger partial charge is 0.264 e. The van der Waals surface area contributed by atoms with Gasteiger partial charge in [0.2, 0.25) is 11.8 Å². The van der Waals surface area contributed by atoms with Gasteiger partial charge in [0.15, 0.2) is 0 Å². The van der Waals surface area contributed by atoms with Gasteiger partial charge in [-0.15, -0.1) is 0 Å². The molecule has 0 aliphatic heterocycles. The van der Waals surface area contributed by atoms with E-state index in [0.717, 1.165) is 21.0 Å². The molecule has 0 saturated heterocycles. The minimum Gasteiger partial charge on any atom is -0.354 e. The summed E-state index contributed by atoms with van der Waals surface area (Å²) in [4.78, 5) is 29.9. The van der Waals surface area contributed by atoms with Gasteiger partial charge in [-0.2, -0.15) is 0 Å². The molecule has 0 heterocycles. The fourth-order valence-corrected chi connectivity index (χ4v) is 6.36. The van der Waals surface area contributed by atoms with E-state index in [9.17, 15) is 18.0 Å². The Kier molecular flexibility index (Phi) is 11.2. The van der Waals surface area contributed by atoms with Crippen LogP contribution in [0.4, 0.5) is 5.69 Å². The van der Waals surface area contributed by atoms with Crippen LogP contribution in [0, 0.1) is 12.8 Å². The second-order valence-corrected chi connectivity index (χ2v) is 13.4. The van der Waals surface area contributed by atoms with E-state index in [1.807, 2.05) is 75.4 Å². The summed E-state index contributed by atoms with van der Waals surface area (Å²) >= 11 is 6.13. The summed E-state index contributed by atoms with van der Waals surface area (Å²) in [6.45, 7) is 5.99. The molecule has 0 aromatic heterocycles. The molecule has 0 saturated carbocycles. The monoisotopic (exact) mass is 631 g/mol. The molecule has 4 aromatic carbocycles. The van der Waals surface area contributed by atoms with E-state index in [-0.39, 0.29) is 35.4 Å². The number of sulfonamides is 1. The maximum Gasteiger partial charge on any atom is 0.264 e. The van der Waals surface area contributed by atoms with Crippen molar-refractivity contribution in [3.63, 3.8) is 0 Å². The molecule has 7 nitrogen and oxygen atoms in total. The van der Waals surface area contributed by atoms with Crippen LogP contribution in [0.15, 0.2) is 114 Å². The standard InChI is InChI=1S/C35H38ClN3O4S/c1-26(2)23-37-35(41)33(22-28-13-6-4-7-14-28)38(24-29-15-11-10-12-27(29)3)34(40)25-39(31-20-18-30(36)19-21-31)44(42,43)32-16-8-5-9-17-32/h4-21,26,33H,22-25H2,1-3H3,(H,37,41)/t33-/m0/s1. The summed E-state index contributed by atoms with van der Waals surface area (Å²) in [5.74, 6) is -0.606. The average molecular weight is 632 g/mol. The molecule has 0 unspecified atom stereocenters. The molecular weight excluding hydrogens is 594 g/mol. The summed E-state index contributed by atoms with van der Waals surface area (Å²) in [7, 11) is -4.16. The first-order valence-electron chi connectivity index (χ1n) is 14.5. The van der Waals surface area contributed by atoms with Crippen molar-refractivity contribution in [2.45, 2.75) is 44.7 Å². The highest BCUT2D eigenvalue weighted by atomic mass is 35.5. The Bertz CT molecular complexity index is 1650. The number of rotatable bonds is 13. The van der Waals surface area contributed by atoms with E-state index >= 15 is 0 Å². The Morgan fingerprint density at radius 3 is 2.02 bits per heavy atom. The molecule has 1 N–H and O–H groups in total. The van der Waals surface area contributed by atoms with Crippen LogP contribution >= 0.6 is 11.6 Å². The fourth-order valence-electron chi connectivity index (χ4n) is 4.80. The summed E-state index contributed by atoms with van der Waals surface area (Å²) in [5.41, 5.74) is 2.98. The van der Waals surface area contributed by atoms with Gasteiger partial charge in [-0.3, -0.25) is 13.9 Å². The van der Waals surface area contributed by atoms with E-state index in [0.29, 0.717) is 11.6 Å². The number of amides is 2. The van der Waals surface area contributed by atoms with Gasteiger partial charge < -0.3 is 10.2 Å². The molecule has 0 fully saturated rings. The lowest BCUT2D eigenvalue weighted by Gasteiger charge is -2.34. The zero-order valence-corrected chi connectivity index (χ0v) is 26.8. The van der Waals surface area contributed by atoms with Crippen molar-refractivity contribution in [2.24, 2.45) is 5.92 Å². The van der Waals surface area contributed by atoms with Gasteiger partial charge in [0.05, 0.1) is 10.6 Å². The lowest BCUT2D eigenvalue weighted by Crippen LogP contribution is -2.53. The quantitative estimate of drug-likeness (QED) is 0.189. The molecule has 0 bridgehead atoms. The third-order valence-electron chi connectivity index (χ3n) is 7.28. The number of hydrogen-bond donors (Lipinski definition) is 1. The largest absolute Gasteiger partial charge is 0.354 e. The van der Waals surface area contributed by atoms with E-state index in [1.165, 1.54) is 17.0 Å². The SMILES string of the molecule is Cc1ccccc1CN(C(=O)CN(c1ccc(Cl)cc1)S(=O)(=O)c1ccccc1)[C@@H](Cc1ccccc1)C(=O)NCC(C)C. The molecule has 44 heavy (non-hydrogen) atoms. The Labute approximate surface area is 265 Å². The van der Waals surface area contributed by atoms with Crippen molar-refractivity contribution >= 4 is 39.1 Å². The van der Waals surface area contributed by atoms with Gasteiger partial charge in [-0.25, -0.2) is 8.42 Å². The Hall–Kier alpha value is -4.14. The van der Waals surface area contributed by atoms with Crippen LogP contribution in [-0.4, -0.2) is 44.3 Å². The molecule has 0 aliphatic rings. The third-order valence-corrected chi connectivity index (χ3v) is 9.32. The van der Waals surface area contributed by atoms with Crippen molar-refractivity contribution < 1.29 is 18.0 Å². The van der Waals surface area contributed by atoms with E-state index in [2.05, 4.69) is 5.32 Å². The molecule has 0 aliphatic carbocycles. The molecular formula is C35H38ClN3O4S. The van der Waals surface area contributed by atoms with Gasteiger partial charge in [-0.1, -0.05) is 98.2 Å². The number of benzene rings is 4. The molecule has 1 atom stereocenters. The number of carbonyl (C=O) groups excluding carboxylic acids is 2. The number of hydrogen-bond acceptors (Lipinski definition) is 4. The first-order valence-corrected chi connectivity index (χ1v) is 16.4. The summed E-state index contributed by atoms with van der Waals surface area (Å²) in [6.07, 6.45) is 0.259. The summed E-state index contributed by atoms with van der Waals surface area (Å²) < 4.78 is 29.1. The number of aryl methyl sites for hydroxylation is 1. The van der Waals surface area contributed by atoms with Gasteiger partial charge in [0.1, 0.15) is 12.6 Å². The molecule has 4 rings (SSSR count). The van der Waals surface area contributed by atoms with Gasteiger partial charge in [0.25, 0.3) is 10.0 Å². The maximum absolute atomic E-state index is 14.5. The van der Waals surface area contributed by atoms with E-state index < -0.39 is 28.5 Å². The van der Waals surface area contributed by atoms with Crippen LogP contribution in [-0.2, 0) is 32.6 Å². The highest BCUT2D eigenvalue weighted by Crippen LogP contribution is 2.26. The lowest BCUT2D eigenvalue weighted by molar-refractivity contribution is -0.140. The number of halogens is 1. The predicted octanol–water partition coefficient (Wildman–Crippen LogP) is 6.26. The summed E-state index contributed by atoms with van der Waals surface area (Å²) in [6, 6.07) is 30.5. The minimum atomic E-state index is -4.16.